The van der Waals surface area contributed by atoms with Crippen molar-refractivity contribution < 1.29 is 13.2 Å². The van der Waals surface area contributed by atoms with E-state index in [0.717, 1.165) is 12.1 Å². The zero-order valence-corrected chi connectivity index (χ0v) is 11.3. The molecule has 0 aliphatic rings. The molecule has 0 fully saturated rings. The number of rotatable bonds is 1. The molecule has 1 heterocycles. The highest BCUT2D eigenvalue weighted by Gasteiger charge is 2.30. The highest BCUT2D eigenvalue weighted by Crippen LogP contribution is 2.31. The predicted molar refractivity (Wildman–Crippen MR) is 67.7 cm³/mol. The molecular weight excluding hydrogens is 325 g/mol. The van der Waals surface area contributed by atoms with Crippen LogP contribution in [0.1, 0.15) is 11.3 Å². The number of aryl methyl sites for hydroxylation is 1. The molecule has 0 amide bonds. The van der Waals surface area contributed by atoms with E-state index >= 15 is 0 Å². The van der Waals surface area contributed by atoms with Crippen molar-refractivity contribution in [2.75, 3.05) is 0 Å². The Kier molecular flexibility index (Phi) is 3.49. The van der Waals surface area contributed by atoms with Gasteiger partial charge in [-0.1, -0.05) is 12.1 Å². The molecular formula is C12H8BrF3N2O. The second-order valence-electron chi connectivity index (χ2n) is 3.89. The molecule has 2 rings (SSSR count). The smallest absolute Gasteiger partial charge is 0.306 e. The molecule has 0 radical (unpaired) electrons. The Balaban J connectivity index is 2.57. The fourth-order valence-corrected chi connectivity index (χ4v) is 1.74. The van der Waals surface area contributed by atoms with Crippen molar-refractivity contribution in [3.8, 4) is 11.4 Å². The Bertz CT molecular complexity index is 679. The van der Waals surface area contributed by atoms with Crippen LogP contribution in [-0.4, -0.2) is 9.97 Å². The van der Waals surface area contributed by atoms with Crippen LogP contribution in [0, 0.1) is 6.92 Å². The van der Waals surface area contributed by atoms with Gasteiger partial charge in [-0.25, -0.2) is 4.98 Å². The lowest BCUT2D eigenvalue weighted by atomic mass is 10.1. The molecule has 0 aliphatic carbocycles. The van der Waals surface area contributed by atoms with Crippen LogP contribution in [0.25, 0.3) is 11.4 Å². The van der Waals surface area contributed by atoms with Crippen LogP contribution in [0.4, 0.5) is 13.2 Å². The lowest BCUT2D eigenvalue weighted by Gasteiger charge is -2.09. The summed E-state index contributed by atoms with van der Waals surface area (Å²) in [6.07, 6.45) is -4.43. The van der Waals surface area contributed by atoms with Gasteiger partial charge in [-0.05, 0) is 35.0 Å². The Labute approximate surface area is 114 Å². The minimum Gasteiger partial charge on any atom is -0.306 e. The number of nitrogens with zero attached hydrogens (tertiary/aromatic N) is 1. The lowest BCUT2D eigenvalue weighted by Crippen LogP contribution is -2.12. The van der Waals surface area contributed by atoms with Gasteiger partial charge in [0.05, 0.1) is 11.3 Å². The van der Waals surface area contributed by atoms with E-state index < -0.39 is 17.3 Å². The van der Waals surface area contributed by atoms with E-state index in [1.807, 2.05) is 0 Å². The number of halogens is 4. The van der Waals surface area contributed by atoms with Gasteiger partial charge in [0.2, 0.25) is 0 Å². The molecule has 2 aromatic rings. The number of hydrogen-bond donors (Lipinski definition) is 1. The topological polar surface area (TPSA) is 45.8 Å². The summed E-state index contributed by atoms with van der Waals surface area (Å²) in [5.41, 5.74) is -0.591. The molecule has 0 unspecified atom stereocenters. The molecule has 0 saturated carbocycles. The molecule has 3 nitrogen and oxygen atoms in total. The summed E-state index contributed by atoms with van der Waals surface area (Å²) in [5, 5.41) is 0. The second-order valence-corrected chi connectivity index (χ2v) is 4.69. The SMILES string of the molecule is Cc1nc(-c2cccc(C(F)(F)F)c2)[nH]c(=O)c1Br. The van der Waals surface area contributed by atoms with E-state index in [-0.39, 0.29) is 15.9 Å². The lowest BCUT2D eigenvalue weighted by molar-refractivity contribution is -0.137. The number of nitrogens with one attached hydrogen (secondary N) is 1. The first-order valence-electron chi connectivity index (χ1n) is 5.23. The first-order valence-corrected chi connectivity index (χ1v) is 6.02. The molecule has 0 atom stereocenters. The Morgan fingerprint density at radius 1 is 1.32 bits per heavy atom. The summed E-state index contributed by atoms with van der Waals surface area (Å²) in [7, 11) is 0. The Morgan fingerprint density at radius 2 is 2.00 bits per heavy atom. The van der Waals surface area contributed by atoms with Gasteiger partial charge in [-0.15, -0.1) is 0 Å². The maximum absolute atomic E-state index is 12.6. The third-order valence-electron chi connectivity index (χ3n) is 2.49. The fraction of sp³-hybridized carbons (Fsp3) is 0.167. The van der Waals surface area contributed by atoms with Crippen molar-refractivity contribution in [2.24, 2.45) is 0 Å². The quantitative estimate of drug-likeness (QED) is 0.868. The Hall–Kier alpha value is -1.63. The van der Waals surface area contributed by atoms with E-state index in [1.54, 1.807) is 6.92 Å². The van der Waals surface area contributed by atoms with Crippen molar-refractivity contribution in [2.45, 2.75) is 13.1 Å². The maximum Gasteiger partial charge on any atom is 0.416 e. The normalized spacial score (nSPS) is 11.6. The largest absolute Gasteiger partial charge is 0.416 e. The molecule has 1 aromatic heterocycles. The van der Waals surface area contributed by atoms with Gasteiger partial charge in [-0.2, -0.15) is 13.2 Å². The molecule has 100 valence electrons. The summed E-state index contributed by atoms with van der Waals surface area (Å²) < 4.78 is 38.1. The van der Waals surface area contributed by atoms with Crippen LogP contribution < -0.4 is 5.56 Å². The fourth-order valence-electron chi connectivity index (χ4n) is 1.55. The van der Waals surface area contributed by atoms with Crippen LogP contribution in [0.15, 0.2) is 33.5 Å². The summed E-state index contributed by atoms with van der Waals surface area (Å²) in [6.45, 7) is 1.59. The van der Waals surface area contributed by atoms with Crippen LogP contribution in [-0.2, 0) is 6.18 Å². The van der Waals surface area contributed by atoms with E-state index in [1.165, 1.54) is 12.1 Å². The van der Waals surface area contributed by atoms with Gasteiger partial charge < -0.3 is 4.98 Å². The molecule has 1 aromatic carbocycles. The molecule has 1 N–H and O–H groups in total. The summed E-state index contributed by atoms with van der Waals surface area (Å²) in [6, 6.07) is 4.65. The van der Waals surface area contributed by atoms with Crippen LogP contribution in [0.5, 0.6) is 0 Å². The van der Waals surface area contributed by atoms with Gasteiger partial charge in [0.25, 0.3) is 5.56 Å². The van der Waals surface area contributed by atoms with Gasteiger partial charge in [0.1, 0.15) is 10.3 Å². The molecule has 19 heavy (non-hydrogen) atoms. The minimum atomic E-state index is -4.43. The van der Waals surface area contributed by atoms with E-state index in [9.17, 15) is 18.0 Å². The Morgan fingerprint density at radius 3 is 2.58 bits per heavy atom. The third-order valence-corrected chi connectivity index (χ3v) is 3.43. The molecule has 0 bridgehead atoms. The third kappa shape index (κ3) is 2.86. The predicted octanol–water partition coefficient (Wildman–Crippen LogP) is 3.53. The number of alkyl halides is 3. The van der Waals surface area contributed by atoms with Crippen molar-refractivity contribution in [3.05, 3.63) is 50.3 Å². The van der Waals surface area contributed by atoms with E-state index in [0.29, 0.717) is 5.69 Å². The zero-order chi connectivity index (χ0) is 14.2. The number of hydrogen-bond acceptors (Lipinski definition) is 2. The van der Waals surface area contributed by atoms with Crippen LogP contribution >= 0.6 is 15.9 Å². The average molecular weight is 333 g/mol. The maximum atomic E-state index is 12.6. The van der Waals surface area contributed by atoms with Crippen LogP contribution in [0.2, 0.25) is 0 Å². The monoisotopic (exact) mass is 332 g/mol. The molecule has 0 aliphatic heterocycles. The van der Waals surface area contributed by atoms with Gasteiger partial charge in [0, 0.05) is 5.56 Å². The van der Waals surface area contributed by atoms with Crippen molar-refractivity contribution in [1.82, 2.24) is 9.97 Å². The number of benzene rings is 1. The van der Waals surface area contributed by atoms with Crippen molar-refractivity contribution in [1.29, 1.82) is 0 Å². The summed E-state index contributed by atoms with van der Waals surface area (Å²) in [5.74, 6) is 0.108. The average Bonchev–Trinajstić information content (AvgIpc) is 2.34. The molecule has 7 heteroatoms. The van der Waals surface area contributed by atoms with Crippen LogP contribution in [0.3, 0.4) is 0 Å². The highest BCUT2D eigenvalue weighted by molar-refractivity contribution is 9.10. The molecule has 0 spiro atoms. The number of aromatic amines is 1. The summed E-state index contributed by atoms with van der Waals surface area (Å²) in [4.78, 5) is 18.0. The van der Waals surface area contributed by atoms with Gasteiger partial charge in [-0.3, -0.25) is 4.79 Å². The van der Waals surface area contributed by atoms with Gasteiger partial charge >= 0.3 is 6.18 Å². The van der Waals surface area contributed by atoms with E-state index in [4.69, 9.17) is 0 Å². The van der Waals surface area contributed by atoms with E-state index in [2.05, 4.69) is 25.9 Å². The van der Waals surface area contributed by atoms with Gasteiger partial charge in [0.15, 0.2) is 0 Å². The first kappa shape index (κ1) is 13.8. The number of aromatic nitrogens is 2. The standard InChI is InChI=1S/C12H8BrF3N2O/c1-6-9(13)11(19)18-10(17-6)7-3-2-4-8(5-7)12(14,15)16/h2-5H,1H3,(H,17,18,19). The minimum absolute atomic E-state index is 0.108. The first-order chi connectivity index (χ1) is 8.79. The zero-order valence-electron chi connectivity index (χ0n) is 9.68. The van der Waals surface area contributed by atoms with Crippen molar-refractivity contribution in [3.63, 3.8) is 0 Å². The highest BCUT2D eigenvalue weighted by atomic mass is 79.9. The summed E-state index contributed by atoms with van der Waals surface area (Å²) >= 11 is 3.05. The molecule has 0 saturated heterocycles. The number of H-pyrrole nitrogens is 1. The second kappa shape index (κ2) is 4.80. The van der Waals surface area contributed by atoms with Crippen molar-refractivity contribution >= 4 is 15.9 Å².